The molecule has 0 aliphatic rings. The molecule has 0 bridgehead atoms. The molecule has 0 aliphatic heterocycles. The monoisotopic (exact) mass is 691 g/mol. The number of esters is 1. The summed E-state index contributed by atoms with van der Waals surface area (Å²) in [6, 6.07) is 14.4. The predicted octanol–water partition coefficient (Wildman–Crippen LogP) is 1.91. The number of ether oxygens (including phenoxy) is 2. The number of carbonyl (C=O) groups is 4. The van der Waals surface area contributed by atoms with Gasteiger partial charge in [-0.25, -0.2) is 4.79 Å². The fourth-order valence-electron chi connectivity index (χ4n) is 4.48. The van der Waals surface area contributed by atoms with Crippen molar-refractivity contribution in [3.63, 3.8) is 0 Å². The Morgan fingerprint density at radius 1 is 0.896 bits per heavy atom. The van der Waals surface area contributed by atoms with Crippen molar-refractivity contribution in [2.45, 2.75) is 103 Å². The molecule has 2 aromatic rings. The summed E-state index contributed by atoms with van der Waals surface area (Å²) < 4.78 is 41.1. The number of amides is 3. The molecular formula is C33H49N5O9S. The second kappa shape index (κ2) is 17.4. The van der Waals surface area contributed by atoms with Gasteiger partial charge in [-0.05, 0) is 66.0 Å². The first-order chi connectivity index (χ1) is 22.2. The Bertz CT molecular complexity index is 1480. The van der Waals surface area contributed by atoms with E-state index in [9.17, 15) is 32.7 Å². The average Bonchev–Trinajstić information content (AvgIpc) is 2.97. The van der Waals surface area contributed by atoms with E-state index in [1.54, 1.807) is 95.3 Å². The van der Waals surface area contributed by atoms with E-state index in [0.717, 1.165) is 4.31 Å². The van der Waals surface area contributed by atoms with Crippen molar-refractivity contribution in [3.05, 3.63) is 71.8 Å². The number of benzene rings is 2. The standard InChI is InChI=1S/C33H49N5O9S/c1-22(2)38(48(44,45)37-33(6,7)30(42)47-32(3,4)5)20-27(39)25(18-23-14-10-8-11-15-23)35-29(41)26(19-28(34)40)36-31(43)46-21-24-16-12-9-13-17-24/h8-17,22,25-27,37,39H,18-21H2,1-7H3,(H2,34,40)(H,35,41)(H,36,43)/t25-,26-,27+/m0/s1. The van der Waals surface area contributed by atoms with Crippen LogP contribution in [0.25, 0.3) is 0 Å². The topological polar surface area (TPSA) is 206 Å². The van der Waals surface area contributed by atoms with E-state index in [2.05, 4.69) is 15.4 Å². The zero-order valence-corrected chi connectivity index (χ0v) is 29.4. The second-order valence-corrected chi connectivity index (χ2v) is 14.8. The number of nitrogens with two attached hydrogens (primary N) is 1. The Morgan fingerprint density at radius 3 is 1.94 bits per heavy atom. The molecule has 0 fully saturated rings. The summed E-state index contributed by atoms with van der Waals surface area (Å²) in [5.74, 6) is -2.53. The van der Waals surface area contributed by atoms with E-state index in [-0.39, 0.29) is 13.0 Å². The first kappa shape index (κ1) is 40.1. The van der Waals surface area contributed by atoms with Crippen molar-refractivity contribution >= 4 is 34.1 Å². The van der Waals surface area contributed by atoms with E-state index in [1.807, 2.05) is 0 Å². The smallest absolute Gasteiger partial charge is 0.408 e. The molecular weight excluding hydrogens is 642 g/mol. The highest BCUT2D eigenvalue weighted by atomic mass is 32.2. The SMILES string of the molecule is CC(C)N(C[C@@H](O)[C@H](Cc1ccccc1)NC(=O)[C@H](CC(N)=O)NC(=O)OCc1ccccc1)S(=O)(=O)NC(C)(C)C(=O)OC(C)(C)C. The number of nitrogens with one attached hydrogen (secondary N) is 3. The summed E-state index contributed by atoms with van der Waals surface area (Å²) in [5, 5.41) is 16.5. The lowest BCUT2D eigenvalue weighted by Gasteiger charge is -2.35. The van der Waals surface area contributed by atoms with Gasteiger partial charge in [0.15, 0.2) is 0 Å². The van der Waals surface area contributed by atoms with Gasteiger partial charge in [0, 0.05) is 12.6 Å². The number of aliphatic hydroxyl groups excluding tert-OH is 1. The van der Waals surface area contributed by atoms with Gasteiger partial charge < -0.3 is 30.9 Å². The lowest BCUT2D eigenvalue weighted by atomic mass is 10.00. The molecule has 0 radical (unpaired) electrons. The maximum atomic E-state index is 13.6. The van der Waals surface area contributed by atoms with Gasteiger partial charge in [0.25, 0.3) is 10.2 Å². The van der Waals surface area contributed by atoms with Crippen LogP contribution >= 0.6 is 0 Å². The Morgan fingerprint density at radius 2 is 1.44 bits per heavy atom. The molecule has 0 unspecified atom stereocenters. The van der Waals surface area contributed by atoms with Crippen molar-refractivity contribution in [3.8, 4) is 0 Å². The highest BCUT2D eigenvalue weighted by Gasteiger charge is 2.40. The van der Waals surface area contributed by atoms with E-state index < -0.39 is 82.4 Å². The number of hydrogen-bond acceptors (Lipinski definition) is 9. The number of rotatable bonds is 17. The molecule has 3 amide bonds. The van der Waals surface area contributed by atoms with Gasteiger partial charge in [0.1, 0.15) is 23.8 Å². The fraction of sp³-hybridized carbons (Fsp3) is 0.515. The average molecular weight is 692 g/mol. The zero-order chi connectivity index (χ0) is 36.3. The van der Waals surface area contributed by atoms with E-state index in [1.165, 1.54) is 13.8 Å². The molecule has 0 spiro atoms. The quantitative estimate of drug-likeness (QED) is 0.153. The Hall–Kier alpha value is -4.05. The van der Waals surface area contributed by atoms with Crippen LogP contribution in [0.4, 0.5) is 4.79 Å². The minimum Gasteiger partial charge on any atom is -0.459 e. The van der Waals surface area contributed by atoms with Gasteiger partial charge in [-0.15, -0.1) is 0 Å². The number of carbonyl (C=O) groups excluding carboxylic acids is 4. The number of hydrogen-bond donors (Lipinski definition) is 5. The van der Waals surface area contributed by atoms with Crippen LogP contribution in [-0.4, -0.2) is 83.6 Å². The Kier molecular flexibility index (Phi) is 14.5. The molecule has 0 aliphatic carbocycles. The normalized spacial score (nSPS) is 14.1. The van der Waals surface area contributed by atoms with Crippen molar-refractivity contribution in [1.82, 2.24) is 19.7 Å². The minimum atomic E-state index is -4.41. The molecule has 0 heterocycles. The highest BCUT2D eigenvalue weighted by Crippen LogP contribution is 2.18. The summed E-state index contributed by atoms with van der Waals surface area (Å²) in [6.45, 7) is 10.3. The number of primary amides is 1. The van der Waals surface area contributed by atoms with Crippen LogP contribution in [-0.2, 0) is 47.1 Å². The molecule has 0 saturated carbocycles. The first-order valence-corrected chi connectivity index (χ1v) is 17.0. The predicted molar refractivity (Wildman–Crippen MR) is 179 cm³/mol. The lowest BCUT2D eigenvalue weighted by molar-refractivity contribution is -0.161. The van der Waals surface area contributed by atoms with Crippen molar-refractivity contribution < 1.29 is 42.2 Å². The second-order valence-electron chi connectivity index (χ2n) is 13.2. The molecule has 15 heteroatoms. The van der Waals surface area contributed by atoms with Gasteiger partial charge in [-0.1, -0.05) is 60.7 Å². The van der Waals surface area contributed by atoms with Crippen LogP contribution < -0.4 is 21.1 Å². The van der Waals surface area contributed by atoms with E-state index in [0.29, 0.717) is 11.1 Å². The number of alkyl carbamates (subject to hydrolysis) is 1. The molecule has 48 heavy (non-hydrogen) atoms. The molecule has 3 atom stereocenters. The summed E-state index contributed by atoms with van der Waals surface area (Å²) in [6.07, 6.45) is -3.00. The summed E-state index contributed by atoms with van der Waals surface area (Å²) in [7, 11) is -4.41. The molecule has 0 saturated heterocycles. The van der Waals surface area contributed by atoms with Gasteiger partial charge in [-0.3, -0.25) is 14.4 Å². The third-order valence-electron chi connectivity index (χ3n) is 6.86. The van der Waals surface area contributed by atoms with Gasteiger partial charge in [-0.2, -0.15) is 17.4 Å². The number of nitrogens with zero attached hydrogens (tertiary/aromatic N) is 1. The third-order valence-corrected chi connectivity index (χ3v) is 8.82. The van der Waals surface area contributed by atoms with Crippen molar-refractivity contribution in [2.75, 3.05) is 6.54 Å². The van der Waals surface area contributed by atoms with Crippen LogP contribution in [0.15, 0.2) is 60.7 Å². The van der Waals surface area contributed by atoms with Gasteiger partial charge in [0.2, 0.25) is 11.8 Å². The van der Waals surface area contributed by atoms with Crippen LogP contribution in [0.3, 0.4) is 0 Å². The molecule has 266 valence electrons. The van der Waals surface area contributed by atoms with E-state index in [4.69, 9.17) is 15.2 Å². The Labute approximate surface area is 282 Å². The zero-order valence-electron chi connectivity index (χ0n) is 28.6. The maximum Gasteiger partial charge on any atom is 0.408 e. The summed E-state index contributed by atoms with van der Waals surface area (Å²) in [5.41, 5.74) is 4.24. The molecule has 2 aromatic carbocycles. The van der Waals surface area contributed by atoms with Gasteiger partial charge >= 0.3 is 12.1 Å². The first-order valence-electron chi connectivity index (χ1n) is 15.5. The summed E-state index contributed by atoms with van der Waals surface area (Å²) >= 11 is 0. The minimum absolute atomic E-state index is 0.0539. The molecule has 6 N–H and O–H groups in total. The van der Waals surface area contributed by atoms with Crippen LogP contribution in [0.1, 0.15) is 66.0 Å². The molecule has 2 rings (SSSR count). The van der Waals surface area contributed by atoms with Crippen molar-refractivity contribution in [2.24, 2.45) is 5.73 Å². The molecule has 14 nitrogen and oxygen atoms in total. The summed E-state index contributed by atoms with van der Waals surface area (Å²) in [4.78, 5) is 50.7. The number of aliphatic hydroxyl groups is 1. The van der Waals surface area contributed by atoms with E-state index >= 15 is 0 Å². The Balaban J connectivity index is 2.30. The fourth-order valence-corrected chi connectivity index (χ4v) is 6.23. The van der Waals surface area contributed by atoms with Crippen LogP contribution in [0.5, 0.6) is 0 Å². The molecule has 0 aromatic heterocycles. The third kappa shape index (κ3) is 13.6. The van der Waals surface area contributed by atoms with Gasteiger partial charge in [0.05, 0.1) is 18.6 Å². The van der Waals surface area contributed by atoms with Crippen LogP contribution in [0, 0.1) is 0 Å². The largest absolute Gasteiger partial charge is 0.459 e. The van der Waals surface area contributed by atoms with Crippen LogP contribution in [0.2, 0.25) is 0 Å². The maximum absolute atomic E-state index is 13.6. The highest BCUT2D eigenvalue weighted by molar-refractivity contribution is 7.87. The lowest BCUT2D eigenvalue weighted by Crippen LogP contribution is -2.60. The van der Waals surface area contributed by atoms with Crippen molar-refractivity contribution in [1.29, 1.82) is 0 Å².